The summed E-state index contributed by atoms with van der Waals surface area (Å²) < 4.78 is 93.6. The zero-order valence-corrected chi connectivity index (χ0v) is 18.0. The van der Waals surface area contributed by atoms with Gasteiger partial charge in [0, 0.05) is 6.54 Å². The largest absolute Gasteiger partial charge is 0.491 e. The molecule has 0 N–H and O–H groups in total. The second kappa shape index (κ2) is 11.1. The Morgan fingerprint density at radius 2 is 1.15 bits per heavy atom. The minimum absolute atomic E-state index is 0.191. The van der Waals surface area contributed by atoms with Crippen LogP contribution in [0.4, 0.5) is 26.3 Å². The molecule has 33 heavy (non-hydrogen) atoms. The number of benzene rings is 2. The fraction of sp³-hybridized carbons (Fsp3) is 0.364. The smallest absolute Gasteiger partial charge is 0.263 e. The van der Waals surface area contributed by atoms with Crippen molar-refractivity contribution in [2.45, 2.75) is 32.6 Å². The van der Waals surface area contributed by atoms with Crippen LogP contribution in [0.15, 0.2) is 12.1 Å². The lowest BCUT2D eigenvalue weighted by Gasteiger charge is -2.22. The van der Waals surface area contributed by atoms with Gasteiger partial charge in [0.1, 0.15) is 0 Å². The average Bonchev–Trinajstić information content (AvgIpc) is 2.79. The molecule has 0 bridgehead atoms. The first-order valence-electron chi connectivity index (χ1n) is 9.89. The predicted octanol–water partition coefficient (Wildman–Crippen LogP) is 5.40. The molecule has 0 heterocycles. The molecule has 5 nitrogen and oxygen atoms in total. The number of hydrogen-bond donors (Lipinski definition) is 0. The highest BCUT2D eigenvalue weighted by atomic mass is 19.2. The second-order valence-corrected chi connectivity index (χ2v) is 6.96. The molecule has 2 amide bonds. The molecule has 0 saturated carbocycles. The molecule has 0 spiro atoms. The van der Waals surface area contributed by atoms with E-state index < -0.39 is 69.3 Å². The maximum atomic E-state index is 14.7. The van der Waals surface area contributed by atoms with Gasteiger partial charge in [-0.05, 0) is 18.6 Å². The lowest BCUT2D eigenvalue weighted by atomic mass is 10.1. The Balaban J connectivity index is 2.59. The molecule has 0 saturated heterocycles. The molecular formula is C22H21F6NO4. The van der Waals surface area contributed by atoms with E-state index in [4.69, 9.17) is 0 Å². The van der Waals surface area contributed by atoms with Crippen LogP contribution in [0.5, 0.6) is 11.5 Å². The molecule has 0 radical (unpaired) electrons. The van der Waals surface area contributed by atoms with Gasteiger partial charge in [-0.1, -0.05) is 26.2 Å². The van der Waals surface area contributed by atoms with Gasteiger partial charge in [0.25, 0.3) is 11.8 Å². The number of imide groups is 1. The van der Waals surface area contributed by atoms with E-state index in [1.165, 1.54) is 0 Å². The highest BCUT2D eigenvalue weighted by Crippen LogP contribution is 2.30. The third-order valence-electron chi connectivity index (χ3n) is 4.83. The van der Waals surface area contributed by atoms with E-state index in [0.717, 1.165) is 20.6 Å². The third kappa shape index (κ3) is 5.23. The topological polar surface area (TPSA) is 55.8 Å². The van der Waals surface area contributed by atoms with Crippen LogP contribution in [0.25, 0.3) is 0 Å². The van der Waals surface area contributed by atoms with Gasteiger partial charge >= 0.3 is 0 Å². The summed E-state index contributed by atoms with van der Waals surface area (Å²) in [6, 6.07) is 0.452. The van der Waals surface area contributed by atoms with Crippen molar-refractivity contribution < 1.29 is 45.4 Å². The predicted molar refractivity (Wildman–Crippen MR) is 105 cm³/mol. The van der Waals surface area contributed by atoms with Gasteiger partial charge in [-0.25, -0.2) is 17.6 Å². The number of ether oxygens (including phenoxy) is 2. The molecule has 0 aliphatic carbocycles. The molecule has 2 aromatic carbocycles. The Morgan fingerprint density at radius 1 is 0.727 bits per heavy atom. The van der Waals surface area contributed by atoms with Crippen molar-refractivity contribution in [2.24, 2.45) is 0 Å². The highest BCUT2D eigenvalue weighted by molar-refractivity contribution is 6.10. The minimum atomic E-state index is -1.69. The van der Waals surface area contributed by atoms with E-state index in [-0.39, 0.29) is 25.1 Å². The first-order valence-corrected chi connectivity index (χ1v) is 9.89. The molecular weight excluding hydrogens is 456 g/mol. The Kier molecular flexibility index (Phi) is 8.72. The summed E-state index contributed by atoms with van der Waals surface area (Å²) in [6.45, 7) is 1.50. The summed E-state index contributed by atoms with van der Waals surface area (Å²) in [7, 11) is 1.68. The Morgan fingerprint density at radius 3 is 1.52 bits per heavy atom. The normalized spacial score (nSPS) is 10.8. The van der Waals surface area contributed by atoms with Gasteiger partial charge in [-0.3, -0.25) is 14.5 Å². The van der Waals surface area contributed by atoms with Crippen molar-refractivity contribution in [3.63, 3.8) is 0 Å². The summed E-state index contributed by atoms with van der Waals surface area (Å²) in [5, 5.41) is 0. The summed E-state index contributed by atoms with van der Waals surface area (Å²) >= 11 is 0. The van der Waals surface area contributed by atoms with Crippen molar-refractivity contribution in [1.29, 1.82) is 0 Å². The van der Waals surface area contributed by atoms with Crippen molar-refractivity contribution in [3.8, 4) is 11.5 Å². The van der Waals surface area contributed by atoms with E-state index in [9.17, 15) is 35.9 Å². The number of rotatable bonds is 9. The molecule has 0 unspecified atom stereocenters. The average molecular weight is 477 g/mol. The lowest BCUT2D eigenvalue weighted by molar-refractivity contribution is 0.0606. The standard InChI is InChI=1S/C22H21F6NO4/c1-4-5-6-7-8-29(21(30)11-9-13(23)17(27)19(32-2)15(11)25)22(31)12-10-14(24)18(28)20(33-3)16(12)26/h9-10H,4-8H2,1-3H3. The number of methoxy groups -OCH3 is 2. The van der Waals surface area contributed by atoms with Crippen molar-refractivity contribution in [3.05, 3.63) is 58.2 Å². The summed E-state index contributed by atoms with van der Waals surface area (Å²) in [5.41, 5.74) is -2.13. The zero-order valence-electron chi connectivity index (χ0n) is 18.0. The molecule has 0 aliphatic heterocycles. The van der Waals surface area contributed by atoms with Gasteiger partial charge in [0.2, 0.25) is 11.6 Å². The Bertz CT molecular complexity index is 983. The van der Waals surface area contributed by atoms with E-state index in [1.54, 1.807) is 0 Å². The van der Waals surface area contributed by atoms with Crippen molar-refractivity contribution in [1.82, 2.24) is 4.90 Å². The van der Waals surface area contributed by atoms with Gasteiger partial charge in [0.15, 0.2) is 34.8 Å². The summed E-state index contributed by atoms with van der Waals surface area (Å²) in [4.78, 5) is 26.3. The molecule has 11 heteroatoms. The summed E-state index contributed by atoms with van der Waals surface area (Å²) in [5.74, 6) is -15.1. The third-order valence-corrected chi connectivity index (χ3v) is 4.83. The molecule has 0 aliphatic rings. The maximum Gasteiger partial charge on any atom is 0.263 e. The van der Waals surface area contributed by atoms with Crippen LogP contribution >= 0.6 is 0 Å². The van der Waals surface area contributed by atoms with Crippen molar-refractivity contribution >= 4 is 11.8 Å². The summed E-state index contributed by atoms with van der Waals surface area (Å²) in [6.07, 6.45) is 2.19. The van der Waals surface area contributed by atoms with Crippen LogP contribution in [0.3, 0.4) is 0 Å². The number of carbonyl (C=O) groups excluding carboxylic acids is 2. The highest BCUT2D eigenvalue weighted by Gasteiger charge is 2.33. The molecule has 0 fully saturated rings. The van der Waals surface area contributed by atoms with E-state index >= 15 is 0 Å². The van der Waals surface area contributed by atoms with E-state index in [1.807, 2.05) is 6.92 Å². The van der Waals surface area contributed by atoms with Gasteiger partial charge in [-0.15, -0.1) is 0 Å². The first-order chi connectivity index (χ1) is 15.6. The molecule has 2 rings (SSSR count). The number of halogens is 6. The Labute approximate surface area is 185 Å². The number of unbranched alkanes of at least 4 members (excludes halogenated alkanes) is 3. The number of carbonyl (C=O) groups is 2. The monoisotopic (exact) mass is 477 g/mol. The van der Waals surface area contributed by atoms with Gasteiger partial charge in [-0.2, -0.15) is 8.78 Å². The van der Waals surface area contributed by atoms with Gasteiger partial charge in [0.05, 0.1) is 25.3 Å². The quantitative estimate of drug-likeness (QED) is 0.210. The number of nitrogens with zero attached hydrogens (tertiary/aromatic N) is 1. The van der Waals surface area contributed by atoms with Gasteiger partial charge < -0.3 is 9.47 Å². The minimum Gasteiger partial charge on any atom is -0.491 e. The molecule has 180 valence electrons. The number of amides is 2. The second-order valence-electron chi connectivity index (χ2n) is 6.96. The maximum absolute atomic E-state index is 14.7. The van der Waals surface area contributed by atoms with Crippen LogP contribution in [0, 0.1) is 34.9 Å². The SMILES string of the molecule is CCCCCCN(C(=O)c1cc(F)c(F)c(OC)c1F)C(=O)c1cc(F)c(F)c(OC)c1F. The Hall–Kier alpha value is -3.24. The van der Waals surface area contributed by atoms with Crippen molar-refractivity contribution in [2.75, 3.05) is 20.8 Å². The first kappa shape index (κ1) is 26.0. The fourth-order valence-electron chi connectivity index (χ4n) is 3.11. The van der Waals surface area contributed by atoms with E-state index in [2.05, 4.69) is 9.47 Å². The molecule has 0 atom stereocenters. The lowest BCUT2D eigenvalue weighted by Crippen LogP contribution is -2.39. The van der Waals surface area contributed by atoms with Crippen LogP contribution in [-0.2, 0) is 0 Å². The number of hydrogen-bond acceptors (Lipinski definition) is 4. The van der Waals surface area contributed by atoms with Crippen LogP contribution < -0.4 is 9.47 Å². The van der Waals surface area contributed by atoms with Crippen LogP contribution in [0.1, 0.15) is 53.3 Å². The van der Waals surface area contributed by atoms with E-state index in [0.29, 0.717) is 17.7 Å². The molecule has 0 aromatic heterocycles. The molecule has 2 aromatic rings. The van der Waals surface area contributed by atoms with Crippen LogP contribution in [-0.4, -0.2) is 37.5 Å². The zero-order chi connectivity index (χ0) is 24.9. The van der Waals surface area contributed by atoms with Crippen LogP contribution in [0.2, 0.25) is 0 Å². The fourth-order valence-corrected chi connectivity index (χ4v) is 3.11.